The van der Waals surface area contributed by atoms with Crippen LogP contribution in [0.15, 0.2) is 6.07 Å². The molecule has 2 N–H and O–H groups in total. The average molecular weight is 274 g/mol. The fourth-order valence-electron chi connectivity index (χ4n) is 2.13. The molecule has 0 aromatic carbocycles. The second kappa shape index (κ2) is 5.22. The van der Waals surface area contributed by atoms with Crippen LogP contribution in [0.2, 0.25) is 0 Å². The van der Waals surface area contributed by atoms with Crippen LogP contribution < -0.4 is 10.6 Å². The van der Waals surface area contributed by atoms with E-state index < -0.39 is 11.9 Å². The molecule has 1 aliphatic carbocycles. The zero-order valence-electron chi connectivity index (χ0n) is 10.7. The Bertz CT molecular complexity index is 443. The highest BCUT2D eigenvalue weighted by atomic mass is 19.4. The van der Waals surface area contributed by atoms with Crippen molar-refractivity contribution in [1.82, 2.24) is 9.97 Å². The second-order valence-corrected chi connectivity index (χ2v) is 4.80. The molecule has 1 aliphatic rings. The molecule has 4 nitrogen and oxygen atoms in total. The maximum absolute atomic E-state index is 12.7. The molecule has 0 amide bonds. The third kappa shape index (κ3) is 3.27. The van der Waals surface area contributed by atoms with Crippen LogP contribution in [0.5, 0.6) is 0 Å². The summed E-state index contributed by atoms with van der Waals surface area (Å²) in [5.74, 6) is 0.469. The monoisotopic (exact) mass is 274 g/mol. The predicted molar refractivity (Wildman–Crippen MR) is 66.7 cm³/mol. The number of hydrogen-bond acceptors (Lipinski definition) is 4. The summed E-state index contributed by atoms with van der Waals surface area (Å²) in [6.45, 7) is 3.22. The lowest BCUT2D eigenvalue weighted by Crippen LogP contribution is -2.33. The third-order valence-corrected chi connectivity index (χ3v) is 3.43. The summed E-state index contributed by atoms with van der Waals surface area (Å²) >= 11 is 0. The van der Waals surface area contributed by atoms with Crippen molar-refractivity contribution in [2.24, 2.45) is 5.92 Å². The van der Waals surface area contributed by atoms with Crippen molar-refractivity contribution >= 4 is 11.8 Å². The number of hydrogen-bond donors (Lipinski definition) is 1. The molecule has 0 bridgehead atoms. The highest BCUT2D eigenvalue weighted by Crippen LogP contribution is 2.32. The van der Waals surface area contributed by atoms with Crippen LogP contribution in [0, 0.1) is 5.92 Å². The van der Waals surface area contributed by atoms with Gasteiger partial charge < -0.3 is 10.6 Å². The van der Waals surface area contributed by atoms with Crippen LogP contribution in [0.1, 0.15) is 31.9 Å². The van der Waals surface area contributed by atoms with E-state index in [1.54, 1.807) is 0 Å². The molecule has 1 heterocycles. The Labute approximate surface area is 109 Å². The SMILES string of the molecule is CCN(CC1CCC1)c1cc(C(F)(F)F)nc(N)n1. The molecule has 0 saturated heterocycles. The number of nitrogens with two attached hydrogens (primary N) is 1. The molecule has 0 atom stereocenters. The predicted octanol–water partition coefficient (Wildman–Crippen LogP) is 2.70. The zero-order chi connectivity index (χ0) is 14.0. The van der Waals surface area contributed by atoms with E-state index in [0.29, 0.717) is 12.5 Å². The van der Waals surface area contributed by atoms with E-state index in [0.717, 1.165) is 25.5 Å². The summed E-state index contributed by atoms with van der Waals surface area (Å²) in [7, 11) is 0. The smallest absolute Gasteiger partial charge is 0.368 e. The first-order valence-electron chi connectivity index (χ1n) is 6.37. The summed E-state index contributed by atoms with van der Waals surface area (Å²) in [5, 5.41) is 0. The van der Waals surface area contributed by atoms with Gasteiger partial charge in [0.25, 0.3) is 0 Å². The number of aromatic nitrogens is 2. The first kappa shape index (κ1) is 13.9. The lowest BCUT2D eigenvalue weighted by molar-refractivity contribution is -0.141. The minimum absolute atomic E-state index is 0.259. The van der Waals surface area contributed by atoms with Crippen molar-refractivity contribution in [3.8, 4) is 0 Å². The first-order valence-corrected chi connectivity index (χ1v) is 6.37. The van der Waals surface area contributed by atoms with E-state index in [4.69, 9.17) is 5.73 Å². The van der Waals surface area contributed by atoms with Crippen LogP contribution in [-0.2, 0) is 6.18 Å². The molecule has 0 unspecified atom stereocenters. The molecule has 106 valence electrons. The van der Waals surface area contributed by atoms with Crippen LogP contribution in [0.3, 0.4) is 0 Å². The molecular weight excluding hydrogens is 257 g/mol. The Hall–Kier alpha value is -1.53. The quantitative estimate of drug-likeness (QED) is 0.917. The minimum Gasteiger partial charge on any atom is -0.368 e. The van der Waals surface area contributed by atoms with Gasteiger partial charge in [0.1, 0.15) is 5.82 Å². The van der Waals surface area contributed by atoms with Crippen LogP contribution in [-0.4, -0.2) is 23.1 Å². The molecule has 0 radical (unpaired) electrons. The second-order valence-electron chi connectivity index (χ2n) is 4.80. The van der Waals surface area contributed by atoms with Gasteiger partial charge in [0.2, 0.25) is 5.95 Å². The van der Waals surface area contributed by atoms with E-state index >= 15 is 0 Å². The maximum atomic E-state index is 12.7. The topological polar surface area (TPSA) is 55.0 Å². The summed E-state index contributed by atoms with van der Waals surface area (Å²) in [4.78, 5) is 9.00. The molecule has 2 rings (SSSR count). The number of anilines is 2. The van der Waals surface area contributed by atoms with Gasteiger partial charge in [0.05, 0.1) is 0 Å². The van der Waals surface area contributed by atoms with E-state index in [1.165, 1.54) is 6.42 Å². The minimum atomic E-state index is -4.50. The number of nitrogens with zero attached hydrogens (tertiary/aromatic N) is 3. The Kier molecular flexibility index (Phi) is 3.82. The van der Waals surface area contributed by atoms with Gasteiger partial charge in [0.15, 0.2) is 5.69 Å². The molecule has 1 saturated carbocycles. The molecule has 0 spiro atoms. The van der Waals surface area contributed by atoms with Crippen molar-refractivity contribution in [1.29, 1.82) is 0 Å². The number of halogens is 3. The van der Waals surface area contributed by atoms with E-state index in [-0.39, 0.29) is 11.8 Å². The van der Waals surface area contributed by atoms with Crippen LogP contribution in [0.4, 0.5) is 24.9 Å². The summed E-state index contributed by atoms with van der Waals surface area (Å²) < 4.78 is 38.1. The van der Waals surface area contributed by atoms with E-state index in [2.05, 4.69) is 9.97 Å². The number of rotatable bonds is 4. The highest BCUT2D eigenvalue weighted by molar-refractivity contribution is 5.44. The fraction of sp³-hybridized carbons (Fsp3) is 0.667. The number of nitrogen functional groups attached to an aromatic ring is 1. The van der Waals surface area contributed by atoms with Gasteiger partial charge in [-0.1, -0.05) is 6.42 Å². The van der Waals surface area contributed by atoms with E-state index in [1.807, 2.05) is 11.8 Å². The van der Waals surface area contributed by atoms with Crippen molar-refractivity contribution in [3.63, 3.8) is 0 Å². The van der Waals surface area contributed by atoms with E-state index in [9.17, 15) is 13.2 Å². The van der Waals surface area contributed by atoms with Crippen molar-refractivity contribution < 1.29 is 13.2 Å². The molecule has 19 heavy (non-hydrogen) atoms. The Balaban J connectivity index is 2.23. The average Bonchev–Trinajstić information content (AvgIpc) is 2.25. The molecule has 1 aromatic heterocycles. The lowest BCUT2D eigenvalue weighted by Gasteiger charge is -2.32. The number of alkyl halides is 3. The normalized spacial score (nSPS) is 16.2. The molecule has 1 aromatic rings. The first-order chi connectivity index (χ1) is 8.90. The van der Waals surface area contributed by atoms with Crippen LogP contribution >= 0.6 is 0 Å². The van der Waals surface area contributed by atoms with Crippen molar-refractivity contribution in [3.05, 3.63) is 11.8 Å². The van der Waals surface area contributed by atoms with Gasteiger partial charge in [-0.2, -0.15) is 18.2 Å². The summed E-state index contributed by atoms with van der Waals surface area (Å²) in [5.41, 5.74) is 4.39. The molecule has 1 fully saturated rings. The maximum Gasteiger partial charge on any atom is 0.433 e. The Morgan fingerprint density at radius 1 is 1.37 bits per heavy atom. The van der Waals surface area contributed by atoms with Crippen molar-refractivity contribution in [2.45, 2.75) is 32.4 Å². The van der Waals surface area contributed by atoms with Crippen LogP contribution in [0.25, 0.3) is 0 Å². The lowest BCUT2D eigenvalue weighted by atomic mass is 9.85. The van der Waals surface area contributed by atoms with Gasteiger partial charge in [-0.05, 0) is 25.7 Å². The third-order valence-electron chi connectivity index (χ3n) is 3.43. The summed E-state index contributed by atoms with van der Waals surface area (Å²) in [6.07, 6.45) is -1.05. The van der Waals surface area contributed by atoms with Gasteiger partial charge in [-0.25, -0.2) is 4.98 Å². The molecular formula is C12H17F3N4. The Morgan fingerprint density at radius 3 is 2.53 bits per heavy atom. The van der Waals surface area contributed by atoms with Crippen molar-refractivity contribution in [2.75, 3.05) is 23.7 Å². The van der Waals surface area contributed by atoms with Gasteiger partial charge >= 0.3 is 6.18 Å². The fourth-order valence-corrected chi connectivity index (χ4v) is 2.13. The Morgan fingerprint density at radius 2 is 2.05 bits per heavy atom. The molecule has 7 heteroatoms. The largest absolute Gasteiger partial charge is 0.433 e. The highest BCUT2D eigenvalue weighted by Gasteiger charge is 2.34. The zero-order valence-corrected chi connectivity index (χ0v) is 10.7. The van der Waals surface area contributed by atoms with Gasteiger partial charge in [-0.15, -0.1) is 0 Å². The van der Waals surface area contributed by atoms with Gasteiger partial charge in [-0.3, -0.25) is 0 Å². The molecule has 0 aliphatic heterocycles. The standard InChI is InChI=1S/C12H17F3N4/c1-2-19(7-8-4-3-5-8)10-6-9(12(13,14)15)17-11(16)18-10/h6,8H,2-5,7H2,1H3,(H2,16,17,18). The summed E-state index contributed by atoms with van der Waals surface area (Å²) in [6, 6.07) is 0.971. The van der Waals surface area contributed by atoms with Gasteiger partial charge in [0, 0.05) is 19.2 Å².